The molecule has 2 aromatic rings. The molecule has 8 heteroatoms. The lowest BCUT2D eigenvalue weighted by Gasteiger charge is -2.13. The van der Waals surface area contributed by atoms with Gasteiger partial charge in [-0.15, -0.1) is 0 Å². The number of carbonyl (C=O) groups is 1. The summed E-state index contributed by atoms with van der Waals surface area (Å²) in [6, 6.07) is 14.1. The number of nitrogens with one attached hydrogen (secondary N) is 2. The van der Waals surface area contributed by atoms with Crippen LogP contribution >= 0.6 is 11.8 Å². The Bertz CT molecular complexity index is 895. The number of rotatable bonds is 8. The summed E-state index contributed by atoms with van der Waals surface area (Å²) >= 11 is 1.50. The van der Waals surface area contributed by atoms with Crippen LogP contribution in [0.15, 0.2) is 59.5 Å². The highest BCUT2D eigenvalue weighted by atomic mass is 32.2. The van der Waals surface area contributed by atoms with Crippen LogP contribution in [0.5, 0.6) is 0 Å². The number of amidine groups is 1. The monoisotopic (exact) mass is 406 g/mol. The molecular weight excluding hydrogens is 384 g/mol. The molecule has 0 radical (unpaired) electrons. The van der Waals surface area contributed by atoms with Gasteiger partial charge in [0, 0.05) is 6.42 Å². The molecule has 2 rings (SSSR count). The van der Waals surface area contributed by atoms with E-state index in [0.717, 1.165) is 5.56 Å². The van der Waals surface area contributed by atoms with Gasteiger partial charge in [-0.25, -0.2) is 0 Å². The van der Waals surface area contributed by atoms with Crippen molar-refractivity contribution in [1.82, 2.24) is 4.72 Å². The van der Waals surface area contributed by atoms with E-state index in [4.69, 9.17) is 0 Å². The van der Waals surface area contributed by atoms with Crippen molar-refractivity contribution < 1.29 is 23.3 Å². The topological polar surface area (TPSA) is 100 Å². The zero-order valence-corrected chi connectivity index (χ0v) is 16.8. The predicted molar refractivity (Wildman–Crippen MR) is 105 cm³/mol. The molecule has 0 aliphatic rings. The SMILES string of the molecule is CSCC[C@@H]([NH+]=C(NS(=O)(=O)c1ccc(C)cc1)c1ccccc1)C(=O)[O-]. The number of hydrogen-bond acceptors (Lipinski definition) is 5. The zero-order valence-electron chi connectivity index (χ0n) is 15.1. The fourth-order valence-corrected chi connectivity index (χ4v) is 3.88. The quantitative estimate of drug-likeness (QED) is 0.462. The zero-order chi connectivity index (χ0) is 19.9. The number of carboxylic acid groups (broad SMARTS) is 1. The Hall–Kier alpha value is -2.32. The first-order valence-electron chi connectivity index (χ1n) is 8.31. The molecule has 0 bridgehead atoms. The van der Waals surface area contributed by atoms with Crippen molar-refractivity contribution in [3.63, 3.8) is 0 Å². The lowest BCUT2D eigenvalue weighted by Crippen LogP contribution is -2.86. The Morgan fingerprint density at radius 1 is 1.15 bits per heavy atom. The number of carboxylic acids is 1. The van der Waals surface area contributed by atoms with Crippen molar-refractivity contribution in [1.29, 1.82) is 0 Å². The molecule has 0 aliphatic carbocycles. The van der Waals surface area contributed by atoms with E-state index in [0.29, 0.717) is 17.7 Å². The van der Waals surface area contributed by atoms with Gasteiger partial charge in [0.05, 0.1) is 11.5 Å². The lowest BCUT2D eigenvalue weighted by molar-refractivity contribution is -0.507. The molecule has 2 N–H and O–H groups in total. The van der Waals surface area contributed by atoms with Gasteiger partial charge in [0.25, 0.3) is 5.84 Å². The highest BCUT2D eigenvalue weighted by Crippen LogP contribution is 2.10. The number of sulfonamides is 1. The molecule has 0 unspecified atom stereocenters. The number of aliphatic carboxylic acids is 1. The number of benzene rings is 2. The second-order valence-corrected chi connectivity index (χ2v) is 8.63. The second kappa shape index (κ2) is 9.57. The van der Waals surface area contributed by atoms with E-state index < -0.39 is 22.0 Å². The Morgan fingerprint density at radius 3 is 2.33 bits per heavy atom. The molecule has 144 valence electrons. The van der Waals surface area contributed by atoms with Crippen LogP contribution in [0.25, 0.3) is 0 Å². The lowest BCUT2D eigenvalue weighted by atomic mass is 10.2. The van der Waals surface area contributed by atoms with E-state index >= 15 is 0 Å². The molecule has 0 fully saturated rings. The van der Waals surface area contributed by atoms with Gasteiger partial charge in [0.2, 0.25) is 0 Å². The van der Waals surface area contributed by atoms with Gasteiger partial charge in [0.15, 0.2) is 0 Å². The molecule has 0 aliphatic heterocycles. The number of hydrogen-bond donors (Lipinski definition) is 2. The van der Waals surface area contributed by atoms with E-state index in [1.54, 1.807) is 42.5 Å². The Labute approximate surface area is 163 Å². The Morgan fingerprint density at radius 2 is 1.78 bits per heavy atom. The molecule has 0 saturated carbocycles. The highest BCUT2D eigenvalue weighted by Gasteiger charge is 2.25. The Balaban J connectivity index is 2.42. The van der Waals surface area contributed by atoms with E-state index in [1.165, 1.54) is 23.9 Å². The average molecular weight is 407 g/mol. The summed E-state index contributed by atoms with van der Waals surface area (Å²) in [5.74, 6) is -0.586. The summed E-state index contributed by atoms with van der Waals surface area (Å²) in [5.41, 5.74) is 1.47. The van der Waals surface area contributed by atoms with Gasteiger partial charge < -0.3 is 9.90 Å². The predicted octanol–water partition coefficient (Wildman–Crippen LogP) is -0.328. The normalized spacial score (nSPS) is 13.2. The molecule has 0 heterocycles. The maximum Gasteiger partial charge on any atom is 0.328 e. The molecule has 1 atom stereocenters. The first-order valence-corrected chi connectivity index (χ1v) is 11.2. The largest absolute Gasteiger partial charge is 0.546 e. The minimum absolute atomic E-state index is 0.0949. The van der Waals surface area contributed by atoms with Crippen LogP contribution in [0.1, 0.15) is 17.5 Å². The van der Waals surface area contributed by atoms with Crippen LogP contribution in [0.2, 0.25) is 0 Å². The van der Waals surface area contributed by atoms with E-state index in [1.807, 2.05) is 13.2 Å². The van der Waals surface area contributed by atoms with Crippen LogP contribution in [0, 0.1) is 6.92 Å². The molecule has 2 aromatic carbocycles. The maximum atomic E-state index is 12.8. The average Bonchev–Trinajstić information content (AvgIpc) is 2.65. The molecule has 6 nitrogen and oxygen atoms in total. The third-order valence-corrected chi connectivity index (χ3v) is 5.85. The summed E-state index contributed by atoms with van der Waals surface area (Å²) in [4.78, 5) is 14.4. The second-order valence-electron chi connectivity index (χ2n) is 5.96. The van der Waals surface area contributed by atoms with Crippen molar-refractivity contribution >= 4 is 33.6 Å². The summed E-state index contributed by atoms with van der Waals surface area (Å²) in [6.45, 7) is 1.86. The van der Waals surface area contributed by atoms with Crippen LogP contribution in [-0.2, 0) is 14.8 Å². The van der Waals surface area contributed by atoms with Crippen molar-refractivity contribution in [3.8, 4) is 0 Å². The minimum Gasteiger partial charge on any atom is -0.546 e. The van der Waals surface area contributed by atoms with Gasteiger partial charge in [-0.3, -0.25) is 4.99 Å². The third kappa shape index (κ3) is 6.11. The molecule has 0 amide bonds. The highest BCUT2D eigenvalue weighted by molar-refractivity contribution is 7.98. The van der Waals surface area contributed by atoms with E-state index in [2.05, 4.69) is 9.71 Å². The van der Waals surface area contributed by atoms with Gasteiger partial charge in [-0.2, -0.15) is 24.9 Å². The summed E-state index contributed by atoms with van der Waals surface area (Å²) in [6.07, 6.45) is 2.17. The van der Waals surface area contributed by atoms with Crippen molar-refractivity contribution in [2.45, 2.75) is 24.3 Å². The fraction of sp³-hybridized carbons (Fsp3) is 0.263. The number of thioether (sulfide) groups is 1. The standard InChI is InChI=1S/C19H22N2O4S2/c1-14-8-10-16(11-9-14)27(24,25)21-18(15-6-4-3-5-7-15)20-17(19(22)23)12-13-26-2/h3-11,17H,12-13H2,1-2H3,(H,20,21)(H,22,23)/t17-/m1/s1. The third-order valence-electron chi connectivity index (χ3n) is 3.84. The fourth-order valence-electron chi connectivity index (χ4n) is 2.35. The summed E-state index contributed by atoms with van der Waals surface area (Å²) < 4.78 is 28.0. The maximum absolute atomic E-state index is 12.8. The van der Waals surface area contributed by atoms with E-state index in [-0.39, 0.29) is 10.7 Å². The first kappa shape index (κ1) is 21.0. The van der Waals surface area contributed by atoms with Gasteiger partial charge in [0.1, 0.15) is 10.9 Å². The first-order chi connectivity index (χ1) is 12.8. The van der Waals surface area contributed by atoms with Crippen molar-refractivity contribution in [3.05, 3.63) is 65.7 Å². The van der Waals surface area contributed by atoms with Crippen LogP contribution < -0.4 is 14.8 Å². The molecule has 0 spiro atoms. The smallest absolute Gasteiger partial charge is 0.328 e. The van der Waals surface area contributed by atoms with Crippen molar-refractivity contribution in [2.24, 2.45) is 0 Å². The molecular formula is C19H22N2O4S2. The van der Waals surface area contributed by atoms with Gasteiger partial charge in [-0.1, -0.05) is 35.9 Å². The number of carbonyl (C=O) groups excluding carboxylic acids is 1. The van der Waals surface area contributed by atoms with E-state index in [9.17, 15) is 18.3 Å². The van der Waals surface area contributed by atoms with Crippen LogP contribution in [0.4, 0.5) is 0 Å². The molecule has 0 aromatic heterocycles. The molecule has 27 heavy (non-hydrogen) atoms. The molecule has 0 saturated heterocycles. The van der Waals surface area contributed by atoms with Gasteiger partial charge >= 0.3 is 10.0 Å². The van der Waals surface area contributed by atoms with Crippen LogP contribution in [-0.4, -0.2) is 38.3 Å². The van der Waals surface area contributed by atoms with Crippen molar-refractivity contribution in [2.75, 3.05) is 12.0 Å². The van der Waals surface area contributed by atoms with Crippen LogP contribution in [0.3, 0.4) is 0 Å². The summed E-state index contributed by atoms with van der Waals surface area (Å²) in [7, 11) is -3.88. The summed E-state index contributed by atoms with van der Waals surface area (Å²) in [5, 5.41) is 11.5. The Kier molecular flexibility index (Phi) is 7.44. The number of aryl methyl sites for hydroxylation is 1. The minimum atomic E-state index is -3.88. The van der Waals surface area contributed by atoms with Gasteiger partial charge in [-0.05, 0) is 43.2 Å².